The topological polar surface area (TPSA) is 81.4 Å². The van der Waals surface area contributed by atoms with Crippen molar-refractivity contribution in [2.24, 2.45) is 5.10 Å². The first-order valence-corrected chi connectivity index (χ1v) is 11.9. The summed E-state index contributed by atoms with van der Waals surface area (Å²) in [6.45, 7) is 0. The molecule has 0 radical (unpaired) electrons. The Morgan fingerprint density at radius 3 is 2.54 bits per heavy atom. The summed E-state index contributed by atoms with van der Waals surface area (Å²) in [5.74, 6) is 0.360. The zero-order valence-electron chi connectivity index (χ0n) is 18.3. The highest BCUT2D eigenvalue weighted by atomic mass is 35.5. The Morgan fingerprint density at radius 1 is 1.11 bits per heavy atom. The minimum atomic E-state index is -0.535. The number of rotatable bonds is 8. The van der Waals surface area contributed by atoms with E-state index in [0.29, 0.717) is 16.0 Å². The van der Waals surface area contributed by atoms with E-state index in [1.165, 1.54) is 30.0 Å². The highest BCUT2D eigenvalue weighted by Crippen LogP contribution is 2.29. The molecule has 178 valence electrons. The molecule has 0 spiro atoms. The quantitative estimate of drug-likeness (QED) is 0.181. The van der Waals surface area contributed by atoms with Gasteiger partial charge in [0, 0.05) is 21.8 Å². The molecule has 1 heterocycles. The second kappa shape index (κ2) is 11.4. The highest BCUT2D eigenvalue weighted by Gasteiger charge is 2.17. The Kier molecular flexibility index (Phi) is 8.02. The lowest BCUT2D eigenvalue weighted by atomic mass is 10.2. The number of ether oxygens (including phenoxy) is 1. The van der Waals surface area contributed by atoms with Crippen LogP contribution in [0, 0.1) is 5.82 Å². The van der Waals surface area contributed by atoms with Gasteiger partial charge in [-0.25, -0.2) is 9.82 Å². The third-order valence-corrected chi connectivity index (χ3v) is 6.29. The maximum atomic E-state index is 13.8. The van der Waals surface area contributed by atoms with E-state index in [1.54, 1.807) is 19.2 Å². The number of carbonyl (C=O) groups excluding carboxylic acids is 1. The number of halogens is 3. The minimum Gasteiger partial charge on any atom is -0.497 e. The Labute approximate surface area is 214 Å². The SMILES string of the molecule is COc1ccc(-c2nnc(SCC(=O)NN=Cc3c(F)cccc3Cl)n2-c2ccc(Cl)cc2)cc1. The van der Waals surface area contributed by atoms with Gasteiger partial charge in [0.1, 0.15) is 11.6 Å². The van der Waals surface area contributed by atoms with Crippen LogP contribution in [0.1, 0.15) is 5.56 Å². The van der Waals surface area contributed by atoms with Gasteiger partial charge in [-0.15, -0.1) is 10.2 Å². The van der Waals surface area contributed by atoms with Gasteiger partial charge in [-0.3, -0.25) is 9.36 Å². The van der Waals surface area contributed by atoms with E-state index in [9.17, 15) is 9.18 Å². The van der Waals surface area contributed by atoms with Gasteiger partial charge in [-0.2, -0.15) is 5.10 Å². The number of hydrogen-bond acceptors (Lipinski definition) is 6. The summed E-state index contributed by atoms with van der Waals surface area (Å²) in [7, 11) is 1.60. The molecule has 35 heavy (non-hydrogen) atoms. The van der Waals surface area contributed by atoms with Crippen LogP contribution in [0.15, 0.2) is 77.0 Å². The monoisotopic (exact) mass is 529 g/mol. The standard InChI is InChI=1S/C24H18Cl2FN5O2S/c1-34-18-11-5-15(6-12-18)23-30-31-24(32(23)17-9-7-16(25)8-10-17)35-14-22(33)29-28-13-19-20(26)3-2-4-21(19)27/h2-13H,14H2,1H3,(H,29,33). The molecule has 7 nitrogen and oxygen atoms in total. The number of hydrogen-bond donors (Lipinski definition) is 1. The van der Waals surface area contributed by atoms with E-state index < -0.39 is 11.7 Å². The molecule has 0 saturated carbocycles. The molecule has 4 aromatic rings. The molecule has 1 aromatic heterocycles. The molecule has 0 aliphatic carbocycles. The smallest absolute Gasteiger partial charge is 0.250 e. The molecular weight excluding hydrogens is 512 g/mol. The lowest BCUT2D eigenvalue weighted by Gasteiger charge is -2.11. The molecular formula is C24H18Cl2FN5O2S. The zero-order valence-corrected chi connectivity index (χ0v) is 20.6. The first kappa shape index (κ1) is 24.7. The molecule has 0 bridgehead atoms. The second-order valence-electron chi connectivity index (χ2n) is 7.06. The van der Waals surface area contributed by atoms with E-state index >= 15 is 0 Å². The van der Waals surface area contributed by atoms with Crippen LogP contribution in [0.2, 0.25) is 10.0 Å². The number of carbonyl (C=O) groups is 1. The number of hydrazone groups is 1. The maximum absolute atomic E-state index is 13.8. The van der Waals surface area contributed by atoms with Crippen molar-refractivity contribution >= 4 is 47.1 Å². The van der Waals surface area contributed by atoms with E-state index in [2.05, 4.69) is 20.7 Å². The normalized spacial score (nSPS) is 11.1. The maximum Gasteiger partial charge on any atom is 0.250 e. The van der Waals surface area contributed by atoms with Crippen LogP contribution in [0.3, 0.4) is 0 Å². The van der Waals surface area contributed by atoms with Gasteiger partial charge in [0.2, 0.25) is 0 Å². The van der Waals surface area contributed by atoms with Gasteiger partial charge in [0.25, 0.3) is 5.91 Å². The summed E-state index contributed by atoms with van der Waals surface area (Å²) in [5.41, 5.74) is 4.05. The third kappa shape index (κ3) is 6.00. The predicted octanol–water partition coefficient (Wildman–Crippen LogP) is 5.63. The molecule has 11 heteroatoms. The molecule has 4 rings (SSSR count). The van der Waals surface area contributed by atoms with E-state index in [-0.39, 0.29) is 16.3 Å². The largest absolute Gasteiger partial charge is 0.497 e. The van der Waals surface area contributed by atoms with Gasteiger partial charge >= 0.3 is 0 Å². The first-order chi connectivity index (χ1) is 17.0. The number of methoxy groups -OCH3 is 1. The second-order valence-corrected chi connectivity index (χ2v) is 8.85. The lowest BCUT2D eigenvalue weighted by molar-refractivity contribution is -0.118. The van der Waals surface area contributed by atoms with Crippen LogP contribution in [-0.2, 0) is 4.79 Å². The highest BCUT2D eigenvalue weighted by molar-refractivity contribution is 7.99. The van der Waals surface area contributed by atoms with Gasteiger partial charge in [-0.1, -0.05) is 41.0 Å². The van der Waals surface area contributed by atoms with Gasteiger partial charge in [-0.05, 0) is 60.7 Å². The molecule has 0 atom stereocenters. The number of thioether (sulfide) groups is 1. The zero-order chi connectivity index (χ0) is 24.8. The van der Waals surface area contributed by atoms with Crippen LogP contribution in [0.25, 0.3) is 17.1 Å². The van der Waals surface area contributed by atoms with Gasteiger partial charge in [0.15, 0.2) is 11.0 Å². The summed E-state index contributed by atoms with van der Waals surface area (Å²) in [4.78, 5) is 12.4. The van der Waals surface area contributed by atoms with Crippen molar-refractivity contribution in [2.75, 3.05) is 12.9 Å². The summed E-state index contributed by atoms with van der Waals surface area (Å²) < 4.78 is 20.9. The van der Waals surface area contributed by atoms with Gasteiger partial charge in [0.05, 0.1) is 24.1 Å². The van der Waals surface area contributed by atoms with Gasteiger partial charge < -0.3 is 4.74 Å². The Morgan fingerprint density at radius 2 is 1.86 bits per heavy atom. The third-order valence-electron chi connectivity index (χ3n) is 4.78. The number of amides is 1. The predicted molar refractivity (Wildman–Crippen MR) is 136 cm³/mol. The van der Waals surface area contributed by atoms with Crippen molar-refractivity contribution in [1.82, 2.24) is 20.2 Å². The fourth-order valence-electron chi connectivity index (χ4n) is 3.08. The van der Waals surface area contributed by atoms with E-state index in [0.717, 1.165) is 23.2 Å². The molecule has 0 saturated heterocycles. The number of nitrogens with one attached hydrogen (secondary N) is 1. The van der Waals surface area contributed by atoms with Crippen molar-refractivity contribution in [3.8, 4) is 22.8 Å². The molecule has 0 unspecified atom stereocenters. The van der Waals surface area contributed by atoms with Crippen molar-refractivity contribution in [3.05, 3.63) is 88.2 Å². The van der Waals surface area contributed by atoms with Crippen molar-refractivity contribution in [2.45, 2.75) is 5.16 Å². The Hall–Kier alpha value is -3.40. The summed E-state index contributed by atoms with van der Waals surface area (Å²) in [6, 6.07) is 18.9. The number of aromatic nitrogens is 3. The van der Waals surface area contributed by atoms with E-state index in [4.69, 9.17) is 27.9 Å². The van der Waals surface area contributed by atoms with E-state index in [1.807, 2.05) is 41.0 Å². The van der Waals surface area contributed by atoms with Crippen LogP contribution in [0.4, 0.5) is 4.39 Å². The average Bonchev–Trinajstić information content (AvgIpc) is 3.29. The Balaban J connectivity index is 1.53. The average molecular weight is 530 g/mol. The molecule has 0 aliphatic heterocycles. The van der Waals surface area contributed by atoms with Crippen LogP contribution in [0.5, 0.6) is 5.75 Å². The molecule has 0 aliphatic rings. The summed E-state index contributed by atoms with van der Waals surface area (Å²) >= 11 is 13.2. The Bertz CT molecular complexity index is 1340. The van der Waals surface area contributed by atoms with Crippen LogP contribution >= 0.6 is 35.0 Å². The lowest BCUT2D eigenvalue weighted by Crippen LogP contribution is -2.20. The molecule has 1 N–H and O–H groups in total. The fraction of sp³-hybridized carbons (Fsp3) is 0.0833. The summed E-state index contributed by atoms with van der Waals surface area (Å²) in [6.07, 6.45) is 1.16. The van der Waals surface area contributed by atoms with Crippen molar-refractivity contribution < 1.29 is 13.9 Å². The number of benzene rings is 3. The van der Waals surface area contributed by atoms with Crippen LogP contribution < -0.4 is 10.2 Å². The summed E-state index contributed by atoms with van der Waals surface area (Å²) in [5, 5.41) is 13.7. The fourth-order valence-corrected chi connectivity index (χ4v) is 4.16. The molecule has 0 fully saturated rings. The van der Waals surface area contributed by atoms with Crippen molar-refractivity contribution in [3.63, 3.8) is 0 Å². The molecule has 3 aromatic carbocycles. The number of nitrogens with zero attached hydrogens (tertiary/aromatic N) is 4. The molecule has 1 amide bonds. The minimum absolute atomic E-state index is 0.00329. The van der Waals surface area contributed by atoms with Crippen LogP contribution in [-0.4, -0.2) is 39.7 Å². The van der Waals surface area contributed by atoms with Crippen molar-refractivity contribution in [1.29, 1.82) is 0 Å². The first-order valence-electron chi connectivity index (χ1n) is 10.2.